The van der Waals surface area contributed by atoms with Gasteiger partial charge in [0.05, 0.1) is 0 Å². The highest BCUT2D eigenvalue weighted by molar-refractivity contribution is 6.11. The average molecular weight is 652 g/mol. The zero-order valence-electron chi connectivity index (χ0n) is 27.5. The first-order chi connectivity index (χ1) is 25.2. The normalized spacial score (nSPS) is 11.5. The summed E-state index contributed by atoms with van der Waals surface area (Å²) in [4.78, 5) is 15.5. The standard InChI is InChI=1S/C47H29N3O/c1-3-11-30(12-4-1)38-24-39(31-13-5-2-6-14-31)26-40(25-38)47-49-45(36-20-19-32-15-7-8-16-33(32)23-36)48-46(50-47)37-21-22-43-41(28-37)42-27-34-17-9-10-18-35(34)29-44(42)51-43/h1-29H. The molecule has 0 bridgehead atoms. The van der Waals surface area contributed by atoms with E-state index < -0.39 is 0 Å². The van der Waals surface area contributed by atoms with Crippen LogP contribution in [-0.2, 0) is 0 Å². The highest BCUT2D eigenvalue weighted by Crippen LogP contribution is 2.37. The lowest BCUT2D eigenvalue weighted by Gasteiger charge is -2.13. The molecule has 0 aliphatic rings. The van der Waals surface area contributed by atoms with E-state index in [4.69, 9.17) is 19.4 Å². The van der Waals surface area contributed by atoms with Gasteiger partial charge in [-0.3, -0.25) is 0 Å². The van der Waals surface area contributed by atoms with Crippen molar-refractivity contribution >= 4 is 43.5 Å². The second-order valence-electron chi connectivity index (χ2n) is 12.9. The molecule has 51 heavy (non-hydrogen) atoms. The van der Waals surface area contributed by atoms with Gasteiger partial charge in [-0.2, -0.15) is 0 Å². The Morgan fingerprint density at radius 2 is 0.745 bits per heavy atom. The molecule has 0 saturated carbocycles. The van der Waals surface area contributed by atoms with Gasteiger partial charge in [-0.1, -0.05) is 121 Å². The summed E-state index contributed by atoms with van der Waals surface area (Å²) in [5, 5.41) is 6.72. The van der Waals surface area contributed by atoms with Crippen molar-refractivity contribution in [1.82, 2.24) is 15.0 Å². The molecule has 0 radical (unpaired) electrons. The lowest BCUT2D eigenvalue weighted by molar-refractivity contribution is 0.669. The first-order valence-corrected chi connectivity index (χ1v) is 17.1. The van der Waals surface area contributed by atoms with Crippen LogP contribution in [0, 0.1) is 0 Å². The van der Waals surface area contributed by atoms with Gasteiger partial charge in [-0.05, 0) is 98.4 Å². The third kappa shape index (κ3) is 5.31. The molecular formula is C47H29N3O. The SMILES string of the molecule is c1ccc(-c2cc(-c3ccccc3)cc(-c3nc(-c4ccc5ccccc5c4)nc(-c4ccc5oc6cc7ccccc7cc6c5c4)n3)c2)cc1. The zero-order chi connectivity index (χ0) is 33.7. The van der Waals surface area contributed by atoms with Gasteiger partial charge in [0.15, 0.2) is 17.5 Å². The smallest absolute Gasteiger partial charge is 0.164 e. The van der Waals surface area contributed by atoms with Gasteiger partial charge in [-0.15, -0.1) is 0 Å². The first kappa shape index (κ1) is 29.0. The summed E-state index contributed by atoms with van der Waals surface area (Å²) in [5.41, 5.74) is 8.89. The van der Waals surface area contributed by atoms with Crippen LogP contribution >= 0.6 is 0 Å². The summed E-state index contributed by atoms with van der Waals surface area (Å²) in [5.74, 6) is 1.84. The van der Waals surface area contributed by atoms with E-state index in [2.05, 4.69) is 152 Å². The van der Waals surface area contributed by atoms with Crippen LogP contribution in [0.5, 0.6) is 0 Å². The maximum absolute atomic E-state index is 6.34. The summed E-state index contributed by atoms with van der Waals surface area (Å²) in [6.07, 6.45) is 0. The molecule has 10 rings (SSSR count). The second-order valence-corrected chi connectivity index (χ2v) is 12.9. The lowest BCUT2D eigenvalue weighted by atomic mass is 9.96. The molecule has 0 atom stereocenters. The van der Waals surface area contributed by atoms with E-state index in [1.54, 1.807) is 0 Å². The Kier molecular flexibility index (Phi) is 6.78. The number of hydrogen-bond acceptors (Lipinski definition) is 4. The molecular weight excluding hydrogens is 623 g/mol. The predicted molar refractivity (Wildman–Crippen MR) is 209 cm³/mol. The highest BCUT2D eigenvalue weighted by Gasteiger charge is 2.17. The fraction of sp³-hybridized carbons (Fsp3) is 0. The van der Waals surface area contributed by atoms with Crippen LogP contribution in [0.15, 0.2) is 180 Å². The Labute approximate surface area is 294 Å². The Bertz CT molecular complexity index is 2860. The average Bonchev–Trinajstić information content (AvgIpc) is 3.56. The Morgan fingerprint density at radius 1 is 0.275 bits per heavy atom. The zero-order valence-corrected chi connectivity index (χ0v) is 27.5. The van der Waals surface area contributed by atoms with Gasteiger partial charge < -0.3 is 4.42 Å². The lowest BCUT2D eigenvalue weighted by Crippen LogP contribution is -2.00. The molecule has 0 aliphatic heterocycles. The maximum atomic E-state index is 6.34. The van der Waals surface area contributed by atoms with Crippen molar-refractivity contribution in [3.8, 4) is 56.4 Å². The fourth-order valence-corrected chi connectivity index (χ4v) is 7.04. The van der Waals surface area contributed by atoms with E-state index >= 15 is 0 Å². The molecule has 2 aromatic heterocycles. The van der Waals surface area contributed by atoms with Crippen LogP contribution in [0.1, 0.15) is 0 Å². The van der Waals surface area contributed by atoms with E-state index in [0.717, 1.165) is 71.7 Å². The van der Waals surface area contributed by atoms with Gasteiger partial charge >= 0.3 is 0 Å². The highest BCUT2D eigenvalue weighted by atomic mass is 16.3. The third-order valence-corrected chi connectivity index (χ3v) is 9.64. The van der Waals surface area contributed by atoms with E-state index in [9.17, 15) is 0 Å². The van der Waals surface area contributed by atoms with Crippen LogP contribution < -0.4 is 0 Å². The molecule has 8 aromatic carbocycles. The topological polar surface area (TPSA) is 51.8 Å². The number of nitrogens with zero attached hydrogens (tertiary/aromatic N) is 3. The molecule has 0 saturated heterocycles. The van der Waals surface area contributed by atoms with Crippen molar-refractivity contribution in [3.63, 3.8) is 0 Å². The van der Waals surface area contributed by atoms with Gasteiger partial charge in [0, 0.05) is 27.5 Å². The number of aromatic nitrogens is 3. The Hall–Kier alpha value is -6.91. The summed E-state index contributed by atoms with van der Waals surface area (Å²) in [6.45, 7) is 0. The van der Waals surface area contributed by atoms with Crippen molar-refractivity contribution in [3.05, 3.63) is 176 Å². The first-order valence-electron chi connectivity index (χ1n) is 17.1. The quantitative estimate of drug-likeness (QED) is 0.186. The van der Waals surface area contributed by atoms with Crippen LogP contribution in [0.4, 0.5) is 0 Å². The summed E-state index contributed by atoms with van der Waals surface area (Å²) in [7, 11) is 0. The minimum absolute atomic E-state index is 0.603. The van der Waals surface area contributed by atoms with Gasteiger partial charge in [-0.25, -0.2) is 15.0 Å². The minimum atomic E-state index is 0.603. The number of fused-ring (bicyclic) bond motifs is 5. The predicted octanol–water partition coefficient (Wildman–Crippen LogP) is 12.4. The van der Waals surface area contributed by atoms with Gasteiger partial charge in [0.2, 0.25) is 0 Å². The second kappa shape index (κ2) is 11.9. The molecule has 0 unspecified atom stereocenters. The fourth-order valence-electron chi connectivity index (χ4n) is 7.04. The van der Waals surface area contributed by atoms with E-state index in [1.165, 1.54) is 10.8 Å². The number of furan rings is 1. The van der Waals surface area contributed by atoms with Crippen LogP contribution in [0.25, 0.3) is 99.9 Å². The molecule has 4 nitrogen and oxygen atoms in total. The van der Waals surface area contributed by atoms with Crippen molar-refractivity contribution in [2.24, 2.45) is 0 Å². The van der Waals surface area contributed by atoms with Crippen LogP contribution in [0.3, 0.4) is 0 Å². The molecule has 0 amide bonds. The number of benzene rings is 8. The summed E-state index contributed by atoms with van der Waals surface area (Å²) < 4.78 is 6.34. The van der Waals surface area contributed by atoms with Crippen LogP contribution in [-0.4, -0.2) is 15.0 Å². The molecule has 2 heterocycles. The largest absolute Gasteiger partial charge is 0.456 e. The molecule has 0 N–H and O–H groups in total. The molecule has 10 aromatic rings. The third-order valence-electron chi connectivity index (χ3n) is 9.64. The van der Waals surface area contributed by atoms with Crippen molar-refractivity contribution in [1.29, 1.82) is 0 Å². The number of hydrogen-bond donors (Lipinski definition) is 0. The van der Waals surface area contributed by atoms with E-state index in [0.29, 0.717) is 17.5 Å². The molecule has 0 aliphatic carbocycles. The number of rotatable bonds is 5. The molecule has 238 valence electrons. The molecule has 0 fully saturated rings. The Morgan fingerprint density at radius 3 is 1.39 bits per heavy atom. The van der Waals surface area contributed by atoms with Gasteiger partial charge in [0.1, 0.15) is 11.2 Å². The summed E-state index contributed by atoms with van der Waals surface area (Å²) in [6, 6.07) is 61.2. The van der Waals surface area contributed by atoms with Crippen molar-refractivity contribution in [2.75, 3.05) is 0 Å². The van der Waals surface area contributed by atoms with Crippen molar-refractivity contribution < 1.29 is 4.42 Å². The van der Waals surface area contributed by atoms with Crippen LogP contribution in [0.2, 0.25) is 0 Å². The van der Waals surface area contributed by atoms with E-state index in [-0.39, 0.29) is 0 Å². The van der Waals surface area contributed by atoms with E-state index in [1.807, 2.05) is 24.3 Å². The minimum Gasteiger partial charge on any atom is -0.456 e. The Balaban J connectivity index is 1.20. The monoisotopic (exact) mass is 651 g/mol. The van der Waals surface area contributed by atoms with Crippen molar-refractivity contribution in [2.45, 2.75) is 0 Å². The summed E-state index contributed by atoms with van der Waals surface area (Å²) >= 11 is 0. The molecule has 0 spiro atoms. The molecule has 4 heteroatoms. The maximum Gasteiger partial charge on any atom is 0.164 e. The van der Waals surface area contributed by atoms with Gasteiger partial charge in [0.25, 0.3) is 0 Å².